The molecule has 5 rings (SSSR count). The van der Waals surface area contributed by atoms with Crippen molar-refractivity contribution in [3.05, 3.63) is 82.7 Å². The zero-order chi connectivity index (χ0) is 27.2. The Bertz CT molecular complexity index is 1310. The molecule has 0 aliphatic carbocycles. The third-order valence-corrected chi connectivity index (χ3v) is 7.05. The first kappa shape index (κ1) is 26.1. The molecule has 1 aromatic heterocycles. The summed E-state index contributed by atoms with van der Waals surface area (Å²) in [5.74, 6) is -0.716. The number of carbonyl (C=O) groups is 1. The maximum Gasteiger partial charge on any atom is 0.416 e. The van der Waals surface area contributed by atoms with Crippen LogP contribution < -0.4 is 4.90 Å². The van der Waals surface area contributed by atoms with Crippen LogP contribution in [0.4, 0.5) is 36.4 Å². The second-order valence-electron chi connectivity index (χ2n) is 9.50. The van der Waals surface area contributed by atoms with Gasteiger partial charge in [-0.3, -0.25) is 4.79 Å². The molecular weight excluding hydrogens is 517 g/mol. The second kappa shape index (κ2) is 9.63. The number of carbonyl (C=O) groups excluding carboxylic acids is 1. The van der Waals surface area contributed by atoms with Crippen molar-refractivity contribution >= 4 is 11.6 Å². The Hall–Kier alpha value is -3.57. The summed E-state index contributed by atoms with van der Waals surface area (Å²) < 4.78 is 95.6. The molecule has 5 nitrogen and oxygen atoms in total. The number of nitrogens with zero attached hydrogens (tertiary/aromatic N) is 4. The van der Waals surface area contributed by atoms with Gasteiger partial charge >= 0.3 is 12.4 Å². The number of piperazine rings is 1. The van der Waals surface area contributed by atoms with Gasteiger partial charge in [0, 0.05) is 51.3 Å². The highest BCUT2D eigenvalue weighted by Gasteiger charge is 2.38. The highest BCUT2D eigenvalue weighted by molar-refractivity contribution is 5.92. The fraction of sp³-hybridized carbons (Fsp3) is 0.385. The van der Waals surface area contributed by atoms with E-state index in [0.29, 0.717) is 50.5 Å². The van der Waals surface area contributed by atoms with E-state index >= 15 is 0 Å². The lowest BCUT2D eigenvalue weighted by atomic mass is 9.89. The molecule has 0 saturated carbocycles. The summed E-state index contributed by atoms with van der Waals surface area (Å²) in [6.07, 6.45) is -7.73. The molecule has 38 heavy (non-hydrogen) atoms. The number of benzene rings is 2. The number of rotatable bonds is 3. The maximum atomic E-state index is 14.1. The van der Waals surface area contributed by atoms with Crippen molar-refractivity contribution in [1.82, 2.24) is 14.5 Å². The van der Waals surface area contributed by atoms with Gasteiger partial charge < -0.3 is 14.4 Å². The minimum atomic E-state index is -4.92. The van der Waals surface area contributed by atoms with Crippen molar-refractivity contribution in [3.8, 4) is 0 Å². The van der Waals surface area contributed by atoms with Gasteiger partial charge in [-0.15, -0.1) is 0 Å². The summed E-state index contributed by atoms with van der Waals surface area (Å²) in [5.41, 5.74) is -2.11. The number of alkyl halides is 6. The zero-order valence-electron chi connectivity index (χ0n) is 20.0. The van der Waals surface area contributed by atoms with Crippen LogP contribution in [-0.2, 0) is 25.3 Å². The molecule has 2 aromatic carbocycles. The standard InChI is InChI=1S/C26H23F7N4O/c27-20-3-1-2-4-22(20)35-7-9-36(10-8-35)24(38)21-15-37-14-16(5-6-23(37)34-21)17-11-18(25(28,29)30)13-19(12-17)26(31,32)33/h1-4,11-13,15-16H,5-10,14H2/t16-/m1/s1. The molecule has 1 fully saturated rings. The Labute approximate surface area is 213 Å². The molecule has 202 valence electrons. The highest BCUT2D eigenvalue weighted by atomic mass is 19.4. The predicted molar refractivity (Wildman–Crippen MR) is 124 cm³/mol. The van der Waals surface area contributed by atoms with Gasteiger partial charge in [-0.25, -0.2) is 9.37 Å². The Kier molecular flexibility index (Phi) is 6.60. The van der Waals surface area contributed by atoms with Gasteiger partial charge in [0.15, 0.2) is 0 Å². The van der Waals surface area contributed by atoms with Gasteiger partial charge in [-0.1, -0.05) is 12.1 Å². The molecule has 0 bridgehead atoms. The molecule has 0 unspecified atom stereocenters. The molecule has 12 heteroatoms. The number of fused-ring (bicyclic) bond motifs is 1. The summed E-state index contributed by atoms with van der Waals surface area (Å²) in [6, 6.07) is 8.05. The van der Waals surface area contributed by atoms with E-state index in [1.165, 1.54) is 12.3 Å². The number of aromatic nitrogens is 2. The van der Waals surface area contributed by atoms with Crippen LogP contribution in [0.1, 0.15) is 45.3 Å². The van der Waals surface area contributed by atoms with E-state index in [1.807, 2.05) is 4.90 Å². The van der Waals surface area contributed by atoms with Gasteiger partial charge in [0.05, 0.1) is 16.8 Å². The van der Waals surface area contributed by atoms with E-state index in [0.717, 1.165) is 12.1 Å². The molecule has 1 amide bonds. The average molecular weight is 540 g/mol. The van der Waals surface area contributed by atoms with Crippen molar-refractivity contribution < 1.29 is 35.5 Å². The van der Waals surface area contributed by atoms with E-state index < -0.39 is 29.4 Å². The third-order valence-electron chi connectivity index (χ3n) is 7.05. The van der Waals surface area contributed by atoms with E-state index in [2.05, 4.69) is 4.98 Å². The Morgan fingerprint density at radius 3 is 2.13 bits per heavy atom. The number of anilines is 1. The third kappa shape index (κ3) is 5.21. The SMILES string of the molecule is O=C(c1cn2c(n1)CC[C@@H](c1cc(C(F)(F)F)cc(C(F)(F)F)c1)C2)N1CCN(c2ccccc2F)CC1. The van der Waals surface area contributed by atoms with Crippen LogP contribution in [-0.4, -0.2) is 46.5 Å². The molecule has 0 radical (unpaired) electrons. The Morgan fingerprint density at radius 2 is 1.53 bits per heavy atom. The summed E-state index contributed by atoms with van der Waals surface area (Å²) in [7, 11) is 0. The largest absolute Gasteiger partial charge is 0.416 e. The number of halogens is 7. The maximum absolute atomic E-state index is 14.1. The minimum Gasteiger partial charge on any atom is -0.366 e. The number of hydrogen-bond donors (Lipinski definition) is 0. The molecule has 0 spiro atoms. The van der Waals surface area contributed by atoms with E-state index in [4.69, 9.17) is 0 Å². The average Bonchev–Trinajstić information content (AvgIpc) is 3.31. The summed E-state index contributed by atoms with van der Waals surface area (Å²) in [5, 5.41) is 0. The molecule has 0 N–H and O–H groups in total. The lowest BCUT2D eigenvalue weighted by Crippen LogP contribution is -2.49. The Morgan fingerprint density at radius 1 is 0.895 bits per heavy atom. The van der Waals surface area contributed by atoms with Crippen molar-refractivity contribution in [1.29, 1.82) is 0 Å². The number of hydrogen-bond acceptors (Lipinski definition) is 3. The number of amides is 1. The predicted octanol–water partition coefficient (Wildman–Crippen LogP) is 5.75. The van der Waals surface area contributed by atoms with Crippen LogP contribution in [0.2, 0.25) is 0 Å². The van der Waals surface area contributed by atoms with E-state index in [1.54, 1.807) is 27.7 Å². The van der Waals surface area contributed by atoms with Gasteiger partial charge in [-0.2, -0.15) is 26.3 Å². The number of para-hydroxylation sites is 1. The highest BCUT2D eigenvalue weighted by Crippen LogP contribution is 2.39. The second-order valence-corrected chi connectivity index (χ2v) is 9.50. The summed E-state index contributed by atoms with van der Waals surface area (Å²) in [4.78, 5) is 20.9. The molecule has 3 aromatic rings. The summed E-state index contributed by atoms with van der Waals surface area (Å²) >= 11 is 0. The molecule has 3 heterocycles. The first-order valence-electron chi connectivity index (χ1n) is 12.0. The minimum absolute atomic E-state index is 0.0522. The van der Waals surface area contributed by atoms with Crippen LogP contribution in [0.3, 0.4) is 0 Å². The molecular formula is C26H23F7N4O. The van der Waals surface area contributed by atoms with Gasteiger partial charge in [-0.05, 0) is 42.3 Å². The molecule has 1 saturated heterocycles. The van der Waals surface area contributed by atoms with Crippen molar-refractivity contribution in [3.63, 3.8) is 0 Å². The van der Waals surface area contributed by atoms with Gasteiger partial charge in [0.1, 0.15) is 17.3 Å². The van der Waals surface area contributed by atoms with Crippen LogP contribution in [0.5, 0.6) is 0 Å². The number of aryl methyl sites for hydroxylation is 1. The summed E-state index contributed by atoms with van der Waals surface area (Å²) in [6.45, 7) is 1.67. The molecule has 1 atom stereocenters. The Balaban J connectivity index is 1.30. The lowest BCUT2D eigenvalue weighted by molar-refractivity contribution is -0.143. The van der Waals surface area contributed by atoms with Gasteiger partial charge in [0.25, 0.3) is 5.91 Å². The molecule has 2 aliphatic rings. The van der Waals surface area contributed by atoms with E-state index in [9.17, 15) is 35.5 Å². The van der Waals surface area contributed by atoms with Crippen LogP contribution in [0.15, 0.2) is 48.7 Å². The fourth-order valence-electron chi connectivity index (χ4n) is 5.05. The van der Waals surface area contributed by atoms with Crippen LogP contribution in [0, 0.1) is 5.82 Å². The fourth-order valence-corrected chi connectivity index (χ4v) is 5.05. The monoisotopic (exact) mass is 540 g/mol. The van der Waals surface area contributed by atoms with Crippen molar-refractivity contribution in [2.75, 3.05) is 31.1 Å². The van der Waals surface area contributed by atoms with Gasteiger partial charge in [0.2, 0.25) is 0 Å². The topological polar surface area (TPSA) is 41.4 Å². The van der Waals surface area contributed by atoms with Crippen LogP contribution >= 0.6 is 0 Å². The zero-order valence-corrected chi connectivity index (χ0v) is 20.0. The van der Waals surface area contributed by atoms with E-state index in [-0.39, 0.29) is 35.6 Å². The lowest BCUT2D eigenvalue weighted by Gasteiger charge is -2.35. The normalized spacial score (nSPS) is 18.4. The number of imidazole rings is 1. The smallest absolute Gasteiger partial charge is 0.366 e. The van der Waals surface area contributed by atoms with Crippen LogP contribution in [0.25, 0.3) is 0 Å². The first-order chi connectivity index (χ1) is 17.9. The molecule has 2 aliphatic heterocycles. The quantitative estimate of drug-likeness (QED) is 0.398. The first-order valence-corrected chi connectivity index (χ1v) is 12.0. The van der Waals surface area contributed by atoms with Crippen molar-refractivity contribution in [2.24, 2.45) is 0 Å². The van der Waals surface area contributed by atoms with Crippen molar-refractivity contribution in [2.45, 2.75) is 37.7 Å².